The molecule has 0 unspecified atom stereocenters. The molecule has 0 heterocycles. The molecule has 1 amide bonds. The zero-order chi connectivity index (χ0) is 13.3. The van der Waals surface area contributed by atoms with E-state index in [0.717, 1.165) is 12.0 Å². The lowest BCUT2D eigenvalue weighted by Gasteiger charge is -2.19. The van der Waals surface area contributed by atoms with Gasteiger partial charge in [-0.2, -0.15) is 0 Å². The number of benzene rings is 1. The summed E-state index contributed by atoms with van der Waals surface area (Å²) in [7, 11) is 0. The molecule has 1 aromatic carbocycles. The maximum absolute atomic E-state index is 11.6. The zero-order valence-electron chi connectivity index (χ0n) is 10.9. The Morgan fingerprint density at radius 2 is 1.94 bits per heavy atom. The van der Waals surface area contributed by atoms with Gasteiger partial charge in [0.05, 0.1) is 0 Å². The highest BCUT2D eigenvalue weighted by atomic mass is 16.6. The topological polar surface area (TPSA) is 58.6 Å². The van der Waals surface area contributed by atoms with Gasteiger partial charge in [0.15, 0.2) is 0 Å². The van der Waals surface area contributed by atoms with Gasteiger partial charge in [-0.25, -0.2) is 4.79 Å². The third-order valence-electron chi connectivity index (χ3n) is 2.81. The Labute approximate surface area is 107 Å². The fourth-order valence-corrected chi connectivity index (χ4v) is 1.90. The molecule has 0 spiro atoms. The van der Waals surface area contributed by atoms with E-state index < -0.39 is 5.60 Å². The van der Waals surface area contributed by atoms with Crippen LogP contribution in [-0.2, 0) is 4.74 Å². The van der Waals surface area contributed by atoms with Gasteiger partial charge in [-0.05, 0) is 44.9 Å². The fourth-order valence-electron chi connectivity index (χ4n) is 1.90. The van der Waals surface area contributed by atoms with Crippen LogP contribution in [0.4, 0.5) is 4.79 Å². The molecule has 0 saturated heterocycles. The Morgan fingerprint density at radius 3 is 2.50 bits per heavy atom. The average Bonchev–Trinajstić information content (AvgIpc) is 2.95. The molecule has 0 radical (unpaired) electrons. The van der Waals surface area contributed by atoms with Crippen LogP contribution in [0, 0.1) is 0 Å². The van der Waals surface area contributed by atoms with Crippen molar-refractivity contribution in [1.82, 2.24) is 5.32 Å². The Balaban J connectivity index is 1.85. The highest BCUT2D eigenvalue weighted by Crippen LogP contribution is 2.41. The Hall–Kier alpha value is -1.71. The van der Waals surface area contributed by atoms with Crippen LogP contribution >= 0.6 is 0 Å². The van der Waals surface area contributed by atoms with Gasteiger partial charge in [0.1, 0.15) is 11.4 Å². The standard InChI is InChI=1S/C14H19NO3/c1-14(2,3)18-13(17)15-12-8-11(12)9-4-6-10(16)7-5-9/h4-7,11-12,16H,8H2,1-3H3,(H,15,17)/t11-,12-/m1/s1. The summed E-state index contributed by atoms with van der Waals surface area (Å²) in [5.41, 5.74) is 0.668. The Morgan fingerprint density at radius 1 is 1.33 bits per heavy atom. The molecule has 4 nitrogen and oxygen atoms in total. The van der Waals surface area contributed by atoms with Crippen LogP contribution in [0.25, 0.3) is 0 Å². The van der Waals surface area contributed by atoms with Crippen LogP contribution in [-0.4, -0.2) is 22.8 Å². The second-order valence-corrected chi connectivity index (χ2v) is 5.69. The molecule has 1 aliphatic rings. The molecule has 18 heavy (non-hydrogen) atoms. The molecule has 0 bridgehead atoms. The lowest BCUT2D eigenvalue weighted by atomic mass is 10.1. The van der Waals surface area contributed by atoms with Gasteiger partial charge in [-0.15, -0.1) is 0 Å². The second kappa shape index (κ2) is 4.52. The van der Waals surface area contributed by atoms with Gasteiger partial charge in [0.2, 0.25) is 0 Å². The average molecular weight is 249 g/mol. The van der Waals surface area contributed by atoms with E-state index in [4.69, 9.17) is 4.74 Å². The van der Waals surface area contributed by atoms with Gasteiger partial charge in [-0.1, -0.05) is 12.1 Å². The predicted molar refractivity (Wildman–Crippen MR) is 68.6 cm³/mol. The molecular weight excluding hydrogens is 230 g/mol. The molecule has 98 valence electrons. The van der Waals surface area contributed by atoms with Crippen molar-refractivity contribution in [2.75, 3.05) is 0 Å². The Kier molecular flexibility index (Phi) is 3.20. The quantitative estimate of drug-likeness (QED) is 0.847. The molecule has 1 aromatic rings. The van der Waals surface area contributed by atoms with E-state index in [1.54, 1.807) is 12.1 Å². The van der Waals surface area contributed by atoms with E-state index in [0.29, 0.717) is 5.92 Å². The van der Waals surface area contributed by atoms with E-state index in [1.807, 2.05) is 32.9 Å². The maximum Gasteiger partial charge on any atom is 0.407 e. The van der Waals surface area contributed by atoms with Crippen molar-refractivity contribution in [3.63, 3.8) is 0 Å². The van der Waals surface area contributed by atoms with Crippen LogP contribution in [0.3, 0.4) is 0 Å². The van der Waals surface area contributed by atoms with Crippen molar-refractivity contribution in [3.8, 4) is 5.75 Å². The first kappa shape index (κ1) is 12.7. The summed E-state index contributed by atoms with van der Waals surface area (Å²) in [4.78, 5) is 11.6. The summed E-state index contributed by atoms with van der Waals surface area (Å²) in [6.45, 7) is 5.53. The van der Waals surface area contributed by atoms with Gasteiger partial charge >= 0.3 is 6.09 Å². The third kappa shape index (κ3) is 3.39. The zero-order valence-corrected chi connectivity index (χ0v) is 10.9. The summed E-state index contributed by atoms with van der Waals surface area (Å²) >= 11 is 0. The summed E-state index contributed by atoms with van der Waals surface area (Å²) < 4.78 is 5.20. The van der Waals surface area contributed by atoms with Gasteiger partial charge in [0, 0.05) is 12.0 Å². The molecular formula is C14H19NO3. The first-order valence-corrected chi connectivity index (χ1v) is 6.13. The minimum absolute atomic E-state index is 0.143. The highest BCUT2D eigenvalue weighted by molar-refractivity contribution is 5.69. The molecule has 0 aromatic heterocycles. The lowest BCUT2D eigenvalue weighted by Crippen LogP contribution is -2.34. The van der Waals surface area contributed by atoms with E-state index in [1.165, 1.54) is 0 Å². The van der Waals surface area contributed by atoms with E-state index in [2.05, 4.69) is 5.32 Å². The number of amides is 1. The number of rotatable bonds is 2. The molecule has 1 saturated carbocycles. The Bertz CT molecular complexity index is 433. The SMILES string of the molecule is CC(C)(C)OC(=O)N[C@@H]1C[C@@H]1c1ccc(O)cc1. The molecule has 1 fully saturated rings. The van der Waals surface area contributed by atoms with E-state index in [-0.39, 0.29) is 17.9 Å². The van der Waals surface area contributed by atoms with Crippen molar-refractivity contribution < 1.29 is 14.6 Å². The lowest BCUT2D eigenvalue weighted by molar-refractivity contribution is 0.0523. The van der Waals surface area contributed by atoms with Crippen LogP contribution in [0.2, 0.25) is 0 Å². The number of aromatic hydroxyl groups is 1. The molecule has 1 aliphatic carbocycles. The fraction of sp³-hybridized carbons (Fsp3) is 0.500. The van der Waals surface area contributed by atoms with Gasteiger partial charge in [-0.3, -0.25) is 0 Å². The second-order valence-electron chi connectivity index (χ2n) is 5.69. The monoisotopic (exact) mass is 249 g/mol. The third-order valence-corrected chi connectivity index (χ3v) is 2.81. The number of carbonyl (C=O) groups excluding carboxylic acids is 1. The van der Waals surface area contributed by atoms with Crippen LogP contribution < -0.4 is 5.32 Å². The predicted octanol–water partition coefficient (Wildman–Crippen LogP) is 2.77. The van der Waals surface area contributed by atoms with E-state index in [9.17, 15) is 9.90 Å². The molecule has 2 atom stereocenters. The summed E-state index contributed by atoms with van der Waals surface area (Å²) in [5, 5.41) is 12.1. The minimum Gasteiger partial charge on any atom is -0.508 e. The van der Waals surface area contributed by atoms with Crippen LogP contribution in [0.1, 0.15) is 38.7 Å². The number of hydrogen-bond acceptors (Lipinski definition) is 3. The minimum atomic E-state index is -0.465. The summed E-state index contributed by atoms with van der Waals surface area (Å²) in [6, 6.07) is 7.24. The number of ether oxygens (including phenoxy) is 1. The smallest absolute Gasteiger partial charge is 0.407 e. The molecule has 2 rings (SSSR count). The molecule has 0 aliphatic heterocycles. The number of nitrogens with one attached hydrogen (secondary N) is 1. The largest absolute Gasteiger partial charge is 0.508 e. The van der Waals surface area contributed by atoms with Crippen molar-refractivity contribution in [1.29, 1.82) is 0 Å². The van der Waals surface area contributed by atoms with Crippen molar-refractivity contribution in [2.24, 2.45) is 0 Å². The number of phenolic OH excluding ortho intramolecular Hbond substituents is 1. The van der Waals surface area contributed by atoms with Crippen LogP contribution in [0.5, 0.6) is 5.75 Å². The number of alkyl carbamates (subject to hydrolysis) is 1. The van der Waals surface area contributed by atoms with Gasteiger partial charge in [0.25, 0.3) is 0 Å². The number of hydrogen-bond donors (Lipinski definition) is 2. The first-order valence-electron chi connectivity index (χ1n) is 6.13. The normalized spacial score (nSPS) is 22.4. The first-order chi connectivity index (χ1) is 8.35. The van der Waals surface area contributed by atoms with E-state index >= 15 is 0 Å². The summed E-state index contributed by atoms with van der Waals surface area (Å²) in [5.74, 6) is 0.592. The van der Waals surface area contributed by atoms with Crippen molar-refractivity contribution >= 4 is 6.09 Å². The summed E-state index contributed by atoms with van der Waals surface area (Å²) in [6.07, 6.45) is 0.554. The number of carbonyl (C=O) groups is 1. The highest BCUT2D eigenvalue weighted by Gasteiger charge is 2.40. The van der Waals surface area contributed by atoms with Crippen LogP contribution in [0.15, 0.2) is 24.3 Å². The van der Waals surface area contributed by atoms with Crippen molar-refractivity contribution in [3.05, 3.63) is 29.8 Å². The van der Waals surface area contributed by atoms with Gasteiger partial charge < -0.3 is 15.2 Å². The number of phenols is 1. The maximum atomic E-state index is 11.6. The van der Waals surface area contributed by atoms with Crippen molar-refractivity contribution in [2.45, 2.75) is 44.8 Å². The molecule has 4 heteroatoms. The molecule has 2 N–H and O–H groups in total.